The largest absolute Gasteiger partial charge is 0.480 e. The van der Waals surface area contributed by atoms with Crippen LogP contribution in [0.3, 0.4) is 0 Å². The molecular formula is C24H21N3O5S2. The summed E-state index contributed by atoms with van der Waals surface area (Å²) in [5, 5.41) is 13.0. The number of nitrogens with one attached hydrogen (secondary N) is 1. The minimum Gasteiger partial charge on any atom is -0.480 e. The van der Waals surface area contributed by atoms with Crippen LogP contribution in [0.25, 0.3) is 11.1 Å². The summed E-state index contributed by atoms with van der Waals surface area (Å²) in [6.07, 6.45) is -0.643. The number of hydrogen-bond acceptors (Lipinski definition) is 7. The second kappa shape index (κ2) is 9.47. The number of carbonyl (C=O) groups excluding carboxylic acids is 2. The number of ether oxygens (including phenoxy) is 1. The van der Waals surface area contributed by atoms with Crippen molar-refractivity contribution in [2.24, 2.45) is 0 Å². The Morgan fingerprint density at radius 2 is 1.76 bits per heavy atom. The minimum absolute atomic E-state index is 0.0502. The molecule has 0 spiro atoms. The molecule has 10 heteroatoms. The highest BCUT2D eigenvalue weighted by Gasteiger charge is 2.31. The third-order valence-electron chi connectivity index (χ3n) is 5.91. The van der Waals surface area contributed by atoms with Crippen molar-refractivity contribution in [1.29, 1.82) is 0 Å². The van der Waals surface area contributed by atoms with Crippen LogP contribution in [0.2, 0.25) is 0 Å². The van der Waals surface area contributed by atoms with Crippen molar-refractivity contribution < 1.29 is 24.2 Å². The number of anilines is 1. The van der Waals surface area contributed by atoms with E-state index in [1.54, 1.807) is 5.38 Å². The van der Waals surface area contributed by atoms with Crippen molar-refractivity contribution >= 4 is 46.2 Å². The van der Waals surface area contributed by atoms with Crippen LogP contribution in [0.1, 0.15) is 27.5 Å². The van der Waals surface area contributed by atoms with E-state index in [1.165, 1.54) is 16.7 Å². The molecule has 1 aromatic heterocycles. The van der Waals surface area contributed by atoms with Crippen LogP contribution in [-0.2, 0) is 9.53 Å². The first-order valence-corrected chi connectivity index (χ1v) is 12.7. The topological polar surface area (TPSA) is 109 Å². The van der Waals surface area contributed by atoms with Crippen molar-refractivity contribution in [2.45, 2.75) is 11.2 Å². The Kier molecular flexibility index (Phi) is 6.25. The van der Waals surface area contributed by atoms with Crippen molar-refractivity contribution in [2.75, 3.05) is 30.8 Å². The van der Waals surface area contributed by atoms with Crippen molar-refractivity contribution in [1.82, 2.24) is 9.88 Å². The van der Waals surface area contributed by atoms with E-state index in [4.69, 9.17) is 4.74 Å². The summed E-state index contributed by atoms with van der Waals surface area (Å²) in [5.41, 5.74) is 4.72. The van der Waals surface area contributed by atoms with Gasteiger partial charge in [0.25, 0.3) is 5.91 Å². The molecule has 1 unspecified atom stereocenters. The monoisotopic (exact) mass is 495 g/mol. The number of aliphatic carboxylic acids is 1. The molecule has 1 saturated heterocycles. The number of hydrogen-bond donors (Lipinski definition) is 2. The van der Waals surface area contributed by atoms with Crippen LogP contribution in [0.15, 0.2) is 53.9 Å². The van der Waals surface area contributed by atoms with Gasteiger partial charge in [-0.1, -0.05) is 48.5 Å². The number of aromatic nitrogens is 1. The smallest absolute Gasteiger partial charge is 0.413 e. The van der Waals surface area contributed by atoms with Crippen molar-refractivity contribution in [3.05, 3.63) is 70.7 Å². The number of nitrogens with zero attached hydrogens (tertiary/aromatic N) is 2. The summed E-state index contributed by atoms with van der Waals surface area (Å²) in [7, 11) is 0. The Morgan fingerprint density at radius 1 is 1.09 bits per heavy atom. The third-order valence-corrected chi connectivity index (χ3v) is 7.83. The Morgan fingerprint density at radius 3 is 2.44 bits per heavy atom. The Balaban J connectivity index is 1.20. The van der Waals surface area contributed by atoms with Gasteiger partial charge in [-0.05, 0) is 22.3 Å². The first-order chi connectivity index (χ1) is 16.5. The second-order valence-corrected chi connectivity index (χ2v) is 10.1. The van der Waals surface area contributed by atoms with Crippen LogP contribution in [0.5, 0.6) is 0 Å². The Hall–Kier alpha value is -3.37. The number of benzene rings is 2. The highest BCUT2D eigenvalue weighted by molar-refractivity contribution is 8.00. The number of carbonyl (C=O) groups is 3. The number of carboxylic acid groups (broad SMARTS) is 1. The molecule has 2 aromatic carbocycles. The molecule has 1 aliphatic heterocycles. The van der Waals surface area contributed by atoms with Gasteiger partial charge >= 0.3 is 12.1 Å². The highest BCUT2D eigenvalue weighted by Crippen LogP contribution is 2.44. The fourth-order valence-corrected chi connectivity index (χ4v) is 6.00. The molecule has 1 aliphatic carbocycles. The van der Waals surface area contributed by atoms with Gasteiger partial charge in [0, 0.05) is 30.1 Å². The normalized spacial score (nSPS) is 17.1. The Bertz CT molecular complexity index is 1220. The average Bonchev–Trinajstić information content (AvgIpc) is 3.45. The van der Waals surface area contributed by atoms with Crippen molar-refractivity contribution in [3.63, 3.8) is 0 Å². The maximum Gasteiger partial charge on any atom is 0.413 e. The van der Waals surface area contributed by atoms with E-state index in [9.17, 15) is 19.5 Å². The molecule has 2 amide bonds. The number of amides is 2. The quantitative estimate of drug-likeness (QED) is 0.547. The molecule has 8 nitrogen and oxygen atoms in total. The van der Waals surface area contributed by atoms with Crippen molar-refractivity contribution in [3.8, 4) is 11.1 Å². The summed E-state index contributed by atoms with van der Waals surface area (Å²) in [6, 6.07) is 16.2. The van der Waals surface area contributed by atoms with Crippen LogP contribution in [-0.4, -0.2) is 63.7 Å². The zero-order chi connectivity index (χ0) is 23.7. The van der Waals surface area contributed by atoms with E-state index >= 15 is 0 Å². The molecule has 1 fully saturated rings. The van der Waals surface area contributed by atoms with Crippen LogP contribution >= 0.6 is 23.1 Å². The number of thioether (sulfide) groups is 1. The lowest BCUT2D eigenvalue weighted by molar-refractivity contribution is -0.136. The SMILES string of the molecule is O=C(Nc1nc(C(=O)N2CCSC(C(=O)O)C2)cs1)OCC1c2ccccc2-c2ccccc21. The molecule has 0 radical (unpaired) electrons. The zero-order valence-corrected chi connectivity index (χ0v) is 19.6. The van der Waals surface area contributed by atoms with Crippen LogP contribution in [0, 0.1) is 0 Å². The summed E-state index contributed by atoms with van der Waals surface area (Å²) in [4.78, 5) is 42.1. The predicted octanol–water partition coefficient (Wildman–Crippen LogP) is 4.15. The molecule has 0 bridgehead atoms. The molecular weight excluding hydrogens is 474 g/mol. The number of fused-ring (bicyclic) bond motifs is 3. The van der Waals surface area contributed by atoms with Gasteiger partial charge in [-0.25, -0.2) is 9.78 Å². The van der Waals surface area contributed by atoms with Crippen LogP contribution in [0.4, 0.5) is 9.93 Å². The molecule has 3 aromatic rings. The van der Waals surface area contributed by atoms with E-state index < -0.39 is 17.3 Å². The maximum absolute atomic E-state index is 12.7. The third kappa shape index (κ3) is 4.38. The zero-order valence-electron chi connectivity index (χ0n) is 18.0. The molecule has 34 heavy (non-hydrogen) atoms. The van der Waals surface area contributed by atoms with Gasteiger partial charge in [0.1, 0.15) is 17.6 Å². The second-order valence-electron chi connectivity index (χ2n) is 7.94. The van der Waals surface area contributed by atoms with Gasteiger partial charge < -0.3 is 14.7 Å². The van der Waals surface area contributed by atoms with E-state index in [2.05, 4.69) is 22.4 Å². The first kappa shape index (κ1) is 22.4. The fraction of sp³-hybridized carbons (Fsp3) is 0.250. The molecule has 2 aliphatic rings. The predicted molar refractivity (Wildman–Crippen MR) is 131 cm³/mol. The first-order valence-electron chi connectivity index (χ1n) is 10.7. The minimum atomic E-state index is -0.932. The van der Waals surface area contributed by atoms with E-state index in [0.717, 1.165) is 33.6 Å². The van der Waals surface area contributed by atoms with Gasteiger partial charge in [-0.2, -0.15) is 0 Å². The number of carboxylic acids is 1. The molecule has 174 valence electrons. The summed E-state index contributed by atoms with van der Waals surface area (Å²) >= 11 is 2.44. The van der Waals surface area contributed by atoms with Gasteiger partial charge in [0.15, 0.2) is 5.13 Å². The van der Waals surface area contributed by atoms with Gasteiger partial charge in [0.2, 0.25) is 0 Å². The molecule has 5 rings (SSSR count). The molecule has 2 heterocycles. The molecule has 2 N–H and O–H groups in total. The standard InChI is InChI=1S/C24H21N3O5S2/c28-21(27-9-10-33-20(11-27)22(29)30)19-13-34-23(25-19)26-24(31)32-12-18-16-7-3-1-5-14(16)15-6-2-4-8-17(15)18/h1-8,13,18,20H,9-12H2,(H,29,30)(H,25,26,31). The lowest BCUT2D eigenvalue weighted by Gasteiger charge is -2.29. The van der Waals surface area contributed by atoms with E-state index in [-0.39, 0.29) is 35.8 Å². The maximum atomic E-state index is 12.7. The summed E-state index contributed by atoms with van der Waals surface area (Å²) < 4.78 is 5.52. The lowest BCUT2D eigenvalue weighted by Crippen LogP contribution is -2.44. The fourth-order valence-electron chi connectivity index (χ4n) is 4.30. The van der Waals surface area contributed by atoms with Gasteiger partial charge in [-0.15, -0.1) is 23.1 Å². The summed E-state index contributed by atoms with van der Waals surface area (Å²) in [5.74, 6) is -0.773. The molecule has 1 atom stereocenters. The van der Waals surface area contributed by atoms with Crippen LogP contribution < -0.4 is 5.32 Å². The van der Waals surface area contributed by atoms with Gasteiger partial charge in [-0.3, -0.25) is 14.9 Å². The van der Waals surface area contributed by atoms with Gasteiger partial charge in [0.05, 0.1) is 0 Å². The number of thiazole rings is 1. The lowest BCUT2D eigenvalue weighted by atomic mass is 9.98. The average molecular weight is 496 g/mol. The highest BCUT2D eigenvalue weighted by atomic mass is 32.2. The summed E-state index contributed by atoms with van der Waals surface area (Å²) in [6.45, 7) is 0.768. The number of rotatable bonds is 5. The Labute approximate surface area is 204 Å². The molecule has 0 saturated carbocycles. The van der Waals surface area contributed by atoms with E-state index in [1.807, 2.05) is 36.4 Å². The van der Waals surface area contributed by atoms with E-state index in [0.29, 0.717) is 12.3 Å².